The number of nitrogens with one attached hydrogen (secondary N) is 2. The standard InChI is InChI=1S/C12H16N2.C4H4O4/c1-2-13-8-7-10-9-14-12-6-4-3-5-11(10)12;5-3(6)1-2-4(7)8/h3-6,9,13-14H,2,7-8H2,1H3;1-2H,(H,5,6)(H,7,8)/b;2-1+. The molecular weight excluding hydrogens is 284 g/mol. The van der Waals surface area contributed by atoms with Crippen LogP contribution in [-0.4, -0.2) is 40.2 Å². The number of carboxylic acids is 2. The van der Waals surface area contributed by atoms with Crippen molar-refractivity contribution in [3.63, 3.8) is 0 Å². The maximum atomic E-state index is 9.55. The number of aromatic amines is 1. The van der Waals surface area contributed by atoms with Crippen LogP contribution in [0.1, 0.15) is 12.5 Å². The van der Waals surface area contributed by atoms with Gasteiger partial charge in [-0.2, -0.15) is 0 Å². The first-order valence-corrected chi connectivity index (χ1v) is 6.94. The number of rotatable bonds is 6. The molecule has 2 rings (SSSR count). The summed E-state index contributed by atoms with van der Waals surface area (Å²) in [5.74, 6) is -2.51. The Balaban J connectivity index is 0.000000261. The van der Waals surface area contributed by atoms with Crippen LogP contribution in [0.2, 0.25) is 0 Å². The van der Waals surface area contributed by atoms with Crippen molar-refractivity contribution in [3.05, 3.63) is 48.2 Å². The topological polar surface area (TPSA) is 102 Å². The monoisotopic (exact) mass is 304 g/mol. The second-order valence-corrected chi connectivity index (χ2v) is 4.47. The quantitative estimate of drug-likeness (QED) is 0.483. The van der Waals surface area contributed by atoms with Gasteiger partial charge >= 0.3 is 11.9 Å². The van der Waals surface area contributed by atoms with Crippen LogP contribution in [0.15, 0.2) is 42.6 Å². The lowest BCUT2D eigenvalue weighted by Crippen LogP contribution is -2.15. The fourth-order valence-electron chi connectivity index (χ4n) is 1.88. The maximum absolute atomic E-state index is 9.55. The Morgan fingerprint density at radius 1 is 1.18 bits per heavy atom. The Morgan fingerprint density at radius 2 is 1.82 bits per heavy atom. The third kappa shape index (κ3) is 6.23. The van der Waals surface area contributed by atoms with Crippen LogP contribution in [0.25, 0.3) is 10.9 Å². The molecule has 6 nitrogen and oxygen atoms in total. The molecule has 0 radical (unpaired) electrons. The van der Waals surface area contributed by atoms with Crippen molar-refractivity contribution < 1.29 is 19.8 Å². The van der Waals surface area contributed by atoms with Gasteiger partial charge in [-0.15, -0.1) is 0 Å². The summed E-state index contributed by atoms with van der Waals surface area (Å²) in [6.45, 7) is 4.23. The molecule has 0 aliphatic rings. The van der Waals surface area contributed by atoms with E-state index in [1.54, 1.807) is 0 Å². The zero-order valence-corrected chi connectivity index (χ0v) is 12.4. The van der Waals surface area contributed by atoms with Gasteiger partial charge in [0.15, 0.2) is 0 Å². The molecule has 22 heavy (non-hydrogen) atoms. The van der Waals surface area contributed by atoms with Crippen molar-refractivity contribution in [2.75, 3.05) is 13.1 Å². The molecule has 1 aromatic carbocycles. The van der Waals surface area contributed by atoms with E-state index in [2.05, 4.69) is 47.7 Å². The minimum absolute atomic E-state index is 0.558. The van der Waals surface area contributed by atoms with E-state index in [1.165, 1.54) is 16.5 Å². The van der Waals surface area contributed by atoms with Gasteiger partial charge in [0.25, 0.3) is 0 Å². The van der Waals surface area contributed by atoms with Crippen LogP contribution in [0.5, 0.6) is 0 Å². The van der Waals surface area contributed by atoms with Gasteiger partial charge in [-0.3, -0.25) is 0 Å². The van der Waals surface area contributed by atoms with Gasteiger partial charge in [0.2, 0.25) is 0 Å². The summed E-state index contributed by atoms with van der Waals surface area (Å²) < 4.78 is 0. The number of likely N-dealkylation sites (N-methyl/N-ethyl adjacent to an activating group) is 1. The number of carbonyl (C=O) groups is 2. The van der Waals surface area contributed by atoms with Crippen LogP contribution >= 0.6 is 0 Å². The van der Waals surface area contributed by atoms with Gasteiger partial charge in [0.1, 0.15) is 0 Å². The Bertz CT molecular complexity index is 630. The van der Waals surface area contributed by atoms with Crippen LogP contribution in [0, 0.1) is 0 Å². The maximum Gasteiger partial charge on any atom is 0.328 e. The second-order valence-electron chi connectivity index (χ2n) is 4.47. The predicted octanol–water partition coefficient (Wildman–Crippen LogP) is 2.03. The molecule has 0 fully saturated rings. The van der Waals surface area contributed by atoms with Crippen molar-refractivity contribution in [2.24, 2.45) is 0 Å². The number of aromatic nitrogens is 1. The van der Waals surface area contributed by atoms with Gasteiger partial charge in [-0.05, 0) is 31.1 Å². The summed E-state index contributed by atoms with van der Waals surface area (Å²) in [4.78, 5) is 22.4. The van der Waals surface area contributed by atoms with Gasteiger partial charge < -0.3 is 20.5 Å². The number of para-hydroxylation sites is 1. The van der Waals surface area contributed by atoms with E-state index in [-0.39, 0.29) is 0 Å². The lowest BCUT2D eigenvalue weighted by atomic mass is 10.1. The van der Waals surface area contributed by atoms with Crippen LogP contribution in [0.3, 0.4) is 0 Å². The molecule has 0 atom stereocenters. The van der Waals surface area contributed by atoms with E-state index in [0.29, 0.717) is 12.2 Å². The van der Waals surface area contributed by atoms with Crippen LogP contribution in [0.4, 0.5) is 0 Å². The third-order valence-corrected chi connectivity index (χ3v) is 2.86. The third-order valence-electron chi connectivity index (χ3n) is 2.86. The highest BCUT2D eigenvalue weighted by Crippen LogP contribution is 2.17. The summed E-state index contributed by atoms with van der Waals surface area (Å²) in [5, 5.41) is 20.3. The first-order valence-electron chi connectivity index (χ1n) is 6.94. The van der Waals surface area contributed by atoms with E-state index >= 15 is 0 Å². The second kappa shape index (κ2) is 9.36. The fraction of sp³-hybridized carbons (Fsp3) is 0.250. The van der Waals surface area contributed by atoms with E-state index in [4.69, 9.17) is 10.2 Å². The number of benzene rings is 1. The molecule has 0 aliphatic carbocycles. The Hall–Kier alpha value is -2.60. The molecule has 6 heteroatoms. The number of aliphatic carboxylic acids is 2. The number of hydrogen-bond donors (Lipinski definition) is 4. The molecular formula is C16H20N2O4. The Labute approximate surface area is 128 Å². The zero-order chi connectivity index (χ0) is 16.4. The zero-order valence-electron chi connectivity index (χ0n) is 12.4. The first-order chi connectivity index (χ1) is 10.5. The van der Waals surface area contributed by atoms with Crippen molar-refractivity contribution in [1.29, 1.82) is 0 Å². The van der Waals surface area contributed by atoms with E-state index in [1.807, 2.05) is 0 Å². The smallest absolute Gasteiger partial charge is 0.328 e. The molecule has 1 heterocycles. The summed E-state index contributed by atoms with van der Waals surface area (Å²) in [7, 11) is 0. The van der Waals surface area contributed by atoms with Crippen LogP contribution < -0.4 is 5.32 Å². The predicted molar refractivity (Wildman–Crippen MR) is 85.0 cm³/mol. The molecule has 2 aromatic rings. The SMILES string of the molecule is CCNCCc1c[nH]c2ccccc12.O=C(O)/C=C/C(=O)O. The number of fused-ring (bicyclic) bond motifs is 1. The van der Waals surface area contributed by atoms with Crippen molar-refractivity contribution in [2.45, 2.75) is 13.3 Å². The molecule has 0 saturated carbocycles. The highest BCUT2D eigenvalue weighted by Gasteiger charge is 2.01. The summed E-state index contributed by atoms with van der Waals surface area (Å²) in [6.07, 6.45) is 4.32. The van der Waals surface area contributed by atoms with Gasteiger partial charge in [0, 0.05) is 29.3 Å². The average Bonchev–Trinajstić information content (AvgIpc) is 2.90. The lowest BCUT2D eigenvalue weighted by Gasteiger charge is -1.99. The average molecular weight is 304 g/mol. The first kappa shape index (κ1) is 17.5. The molecule has 0 amide bonds. The van der Waals surface area contributed by atoms with E-state index in [9.17, 15) is 9.59 Å². The van der Waals surface area contributed by atoms with E-state index < -0.39 is 11.9 Å². The van der Waals surface area contributed by atoms with Gasteiger partial charge in [-0.25, -0.2) is 9.59 Å². The molecule has 0 unspecified atom stereocenters. The molecule has 0 saturated heterocycles. The van der Waals surface area contributed by atoms with Crippen LogP contribution in [-0.2, 0) is 16.0 Å². The largest absolute Gasteiger partial charge is 0.478 e. The van der Waals surface area contributed by atoms with Crippen molar-refractivity contribution in [1.82, 2.24) is 10.3 Å². The van der Waals surface area contributed by atoms with Crippen molar-refractivity contribution >= 4 is 22.8 Å². The number of carboxylic acid groups (broad SMARTS) is 2. The number of hydrogen-bond acceptors (Lipinski definition) is 3. The van der Waals surface area contributed by atoms with E-state index in [0.717, 1.165) is 19.5 Å². The summed E-state index contributed by atoms with van der Waals surface area (Å²) in [5.41, 5.74) is 2.64. The Morgan fingerprint density at radius 3 is 2.41 bits per heavy atom. The highest BCUT2D eigenvalue weighted by atomic mass is 16.4. The minimum atomic E-state index is -1.26. The lowest BCUT2D eigenvalue weighted by molar-refractivity contribution is -0.134. The molecule has 0 spiro atoms. The number of H-pyrrole nitrogens is 1. The molecule has 1 aromatic heterocycles. The fourth-order valence-corrected chi connectivity index (χ4v) is 1.88. The normalized spacial score (nSPS) is 10.4. The Kier molecular flexibility index (Phi) is 7.42. The van der Waals surface area contributed by atoms with Gasteiger partial charge in [0.05, 0.1) is 0 Å². The highest BCUT2D eigenvalue weighted by molar-refractivity contribution is 5.89. The van der Waals surface area contributed by atoms with Gasteiger partial charge in [-0.1, -0.05) is 25.1 Å². The minimum Gasteiger partial charge on any atom is -0.478 e. The molecule has 4 N–H and O–H groups in total. The molecule has 118 valence electrons. The molecule has 0 bridgehead atoms. The summed E-state index contributed by atoms with van der Waals surface area (Å²) >= 11 is 0. The summed E-state index contributed by atoms with van der Waals surface area (Å²) in [6, 6.07) is 8.44. The molecule has 0 aliphatic heterocycles. The van der Waals surface area contributed by atoms with Crippen molar-refractivity contribution in [3.8, 4) is 0 Å².